The molecule has 2 aliphatic rings. The van der Waals surface area contributed by atoms with Crippen molar-refractivity contribution in [1.82, 2.24) is 0 Å². The molecule has 0 bridgehead atoms. The number of benzene rings is 2. The number of amidine groups is 1. The Hall–Kier alpha value is -2.22. The first-order valence-corrected chi connectivity index (χ1v) is 8.79. The van der Waals surface area contributed by atoms with Gasteiger partial charge in [0, 0.05) is 25.1 Å². The lowest BCUT2D eigenvalue weighted by Crippen LogP contribution is -2.29. The second-order valence-corrected chi connectivity index (χ2v) is 7.17. The highest BCUT2D eigenvalue weighted by atomic mass is 32.3. The van der Waals surface area contributed by atoms with Gasteiger partial charge < -0.3 is 14.7 Å². The van der Waals surface area contributed by atoms with Crippen LogP contribution >= 0.6 is 10.8 Å². The van der Waals surface area contributed by atoms with Crippen molar-refractivity contribution < 1.29 is 18.9 Å². The van der Waals surface area contributed by atoms with Crippen LogP contribution in [0.5, 0.6) is 17.2 Å². The zero-order valence-electron chi connectivity index (χ0n) is 12.2. The normalized spacial score (nSPS) is 19.6. The molecule has 1 saturated heterocycles. The maximum atomic E-state index is 10.3. The molecule has 0 saturated carbocycles. The zero-order chi connectivity index (χ0) is 16.0. The molecule has 0 aromatic heterocycles. The summed E-state index contributed by atoms with van der Waals surface area (Å²) in [6.07, 6.45) is 1.71. The number of phenolic OH excluding ortho intramolecular Hbond substituents is 1. The van der Waals surface area contributed by atoms with Crippen LogP contribution in [0.25, 0.3) is 0 Å². The summed E-state index contributed by atoms with van der Waals surface area (Å²) < 4.78 is 30.5. The number of hydrogen-bond acceptors (Lipinski definition) is 6. The Bertz CT molecular complexity index is 806. The van der Waals surface area contributed by atoms with Crippen molar-refractivity contribution in [3.63, 3.8) is 0 Å². The van der Waals surface area contributed by atoms with E-state index >= 15 is 0 Å². The van der Waals surface area contributed by atoms with Gasteiger partial charge in [0.25, 0.3) is 0 Å². The van der Waals surface area contributed by atoms with Crippen LogP contribution < -0.4 is 9.64 Å². The summed E-state index contributed by atoms with van der Waals surface area (Å²) in [5, 5.41) is 9.49. The van der Waals surface area contributed by atoms with Gasteiger partial charge in [-0.1, -0.05) is 16.8 Å². The lowest BCUT2D eigenvalue weighted by molar-refractivity contribution is 0.453. The van der Waals surface area contributed by atoms with Gasteiger partial charge in [-0.2, -0.15) is 0 Å². The molecule has 6 nitrogen and oxygen atoms in total. The van der Waals surface area contributed by atoms with Crippen molar-refractivity contribution in [3.8, 4) is 17.2 Å². The van der Waals surface area contributed by atoms with E-state index in [1.54, 1.807) is 30.3 Å². The average molecular weight is 332 g/mol. The van der Waals surface area contributed by atoms with E-state index in [1.807, 2.05) is 11.0 Å². The molecule has 2 aromatic rings. The van der Waals surface area contributed by atoms with Crippen LogP contribution in [0.15, 0.2) is 51.8 Å². The van der Waals surface area contributed by atoms with Crippen LogP contribution in [0.3, 0.4) is 0 Å². The number of anilines is 1. The molecule has 3 N–H and O–H groups in total. The van der Waals surface area contributed by atoms with E-state index in [1.165, 1.54) is 6.07 Å². The lowest BCUT2D eigenvalue weighted by atomic mass is 10.2. The molecule has 2 aromatic carbocycles. The Morgan fingerprint density at radius 3 is 2.74 bits per heavy atom. The van der Waals surface area contributed by atoms with E-state index in [9.17, 15) is 14.2 Å². The van der Waals surface area contributed by atoms with E-state index in [-0.39, 0.29) is 5.75 Å². The van der Waals surface area contributed by atoms with Crippen LogP contribution in [-0.2, 0) is 0 Å². The molecule has 0 amide bonds. The molecule has 2 aliphatic heterocycles. The van der Waals surface area contributed by atoms with Crippen LogP contribution in [0, 0.1) is 0 Å². The van der Waals surface area contributed by atoms with Crippen LogP contribution in [-0.4, -0.2) is 26.6 Å². The van der Waals surface area contributed by atoms with Crippen molar-refractivity contribution in [1.29, 1.82) is 0 Å². The quantitative estimate of drug-likeness (QED) is 0.766. The predicted molar refractivity (Wildman–Crippen MR) is 89.8 cm³/mol. The fraction of sp³-hybridized carbons (Fsp3) is 0.188. The molecule has 0 unspecified atom stereocenters. The fourth-order valence-corrected chi connectivity index (χ4v) is 4.21. The number of phenols is 1. The maximum absolute atomic E-state index is 10.3. The first-order valence-electron chi connectivity index (χ1n) is 7.28. The summed E-state index contributed by atoms with van der Waals surface area (Å²) in [6.45, 7) is 0.827. The van der Waals surface area contributed by atoms with Gasteiger partial charge in [-0.25, -0.2) is 0 Å². The molecular formula is C16H16N2O4S. The molecule has 0 radical (unpaired) electrons. The summed E-state index contributed by atoms with van der Waals surface area (Å²) in [5.74, 6) is 1.78. The largest absolute Gasteiger partial charge is 0.508 e. The second-order valence-electron chi connectivity index (χ2n) is 5.51. The Morgan fingerprint density at radius 2 is 1.91 bits per heavy atom. The topological polar surface area (TPSA) is 85.5 Å². The Labute approximate surface area is 135 Å². The molecule has 1 fully saturated rings. The summed E-state index contributed by atoms with van der Waals surface area (Å²) >= 11 is 0. The number of aromatic hydroxyl groups is 1. The van der Waals surface area contributed by atoms with Gasteiger partial charge in [0.2, 0.25) is 0 Å². The number of rotatable bonds is 2. The smallest absolute Gasteiger partial charge is 0.131 e. The van der Waals surface area contributed by atoms with Crippen molar-refractivity contribution in [2.75, 3.05) is 11.4 Å². The van der Waals surface area contributed by atoms with E-state index < -0.39 is 10.8 Å². The lowest BCUT2D eigenvalue weighted by Gasteiger charge is -2.37. The van der Waals surface area contributed by atoms with Crippen molar-refractivity contribution >= 4 is 22.3 Å². The monoisotopic (exact) mass is 332 g/mol. The van der Waals surface area contributed by atoms with Gasteiger partial charge in [0.15, 0.2) is 0 Å². The van der Waals surface area contributed by atoms with Crippen LogP contribution in [0.4, 0.5) is 5.69 Å². The van der Waals surface area contributed by atoms with Gasteiger partial charge in [-0.05, 0) is 30.7 Å². The Kier molecular flexibility index (Phi) is 3.22. The number of nitrogens with zero attached hydrogens (tertiary/aromatic N) is 2. The third kappa shape index (κ3) is 2.52. The molecule has 0 spiro atoms. The maximum Gasteiger partial charge on any atom is 0.131 e. The minimum atomic E-state index is -3.20. The van der Waals surface area contributed by atoms with Crippen LogP contribution in [0.2, 0.25) is 0 Å². The van der Waals surface area contributed by atoms with Gasteiger partial charge >= 0.3 is 0 Å². The fourth-order valence-electron chi connectivity index (χ4n) is 2.89. The Morgan fingerprint density at radius 1 is 1.09 bits per heavy atom. The number of ether oxygens (including phenoxy) is 1. The molecule has 2 heterocycles. The number of fused-ring (bicyclic) bond motifs is 3. The molecular weight excluding hydrogens is 316 g/mol. The van der Waals surface area contributed by atoms with E-state index in [0.717, 1.165) is 30.9 Å². The summed E-state index contributed by atoms with van der Waals surface area (Å²) in [6, 6.07) is 11.6. The molecule has 7 heteroatoms. The summed E-state index contributed by atoms with van der Waals surface area (Å²) in [5.41, 5.74) is 0.774. The minimum Gasteiger partial charge on any atom is -0.508 e. The van der Waals surface area contributed by atoms with Gasteiger partial charge in [-0.15, -0.1) is 4.40 Å². The van der Waals surface area contributed by atoms with Gasteiger partial charge in [0.05, 0.1) is 5.69 Å². The van der Waals surface area contributed by atoms with Gasteiger partial charge in [0.1, 0.15) is 28.0 Å². The molecule has 0 atom stereocenters. The second kappa shape index (κ2) is 5.16. The van der Waals surface area contributed by atoms with Crippen molar-refractivity contribution in [3.05, 3.63) is 42.5 Å². The van der Waals surface area contributed by atoms with E-state index in [4.69, 9.17) is 4.74 Å². The molecule has 23 heavy (non-hydrogen) atoms. The summed E-state index contributed by atoms with van der Waals surface area (Å²) in [4.78, 5) is 2.39. The zero-order valence-corrected chi connectivity index (χ0v) is 13.0. The Balaban J connectivity index is 1.72. The standard InChI is InChI=1S/C16H16N2O4S/c19-11-3-1-4-12(9-11)22-13-6-7-14-15(10-13)23(20,21)17-16-5-2-8-18(14)16/h1,3-4,6-7,9-10,19-21H,2,5,8H2. The van der Waals surface area contributed by atoms with Gasteiger partial charge in [-0.3, -0.25) is 9.11 Å². The van der Waals surface area contributed by atoms with Crippen LogP contribution in [0.1, 0.15) is 12.8 Å². The van der Waals surface area contributed by atoms with E-state index in [0.29, 0.717) is 16.4 Å². The highest BCUT2D eigenvalue weighted by Gasteiger charge is 2.34. The first kappa shape index (κ1) is 14.4. The first-order chi connectivity index (χ1) is 11.0. The highest BCUT2D eigenvalue weighted by Crippen LogP contribution is 2.58. The highest BCUT2D eigenvalue weighted by molar-refractivity contribution is 8.23. The third-order valence-corrected chi connectivity index (χ3v) is 5.28. The minimum absolute atomic E-state index is 0.107. The number of hydrogen-bond donors (Lipinski definition) is 3. The molecule has 120 valence electrons. The van der Waals surface area contributed by atoms with E-state index in [2.05, 4.69) is 4.40 Å². The average Bonchev–Trinajstić information content (AvgIpc) is 2.95. The predicted octanol–water partition coefficient (Wildman–Crippen LogP) is 4.22. The molecule has 0 aliphatic carbocycles. The molecule has 4 rings (SSSR count). The SMILES string of the molecule is Oc1cccc(Oc2ccc3c(c2)S(O)(O)N=C2CCCN23)c1. The van der Waals surface area contributed by atoms with Crippen molar-refractivity contribution in [2.24, 2.45) is 4.40 Å². The van der Waals surface area contributed by atoms with Crippen molar-refractivity contribution in [2.45, 2.75) is 17.7 Å². The third-order valence-electron chi connectivity index (χ3n) is 3.90. The summed E-state index contributed by atoms with van der Waals surface area (Å²) in [7, 11) is -3.20.